The number of fused-ring (bicyclic) bond motifs is 1. The van der Waals surface area contributed by atoms with Crippen molar-refractivity contribution in [1.29, 1.82) is 0 Å². The fourth-order valence-corrected chi connectivity index (χ4v) is 6.21. The van der Waals surface area contributed by atoms with Crippen LogP contribution in [0.15, 0.2) is 42.6 Å². The van der Waals surface area contributed by atoms with Gasteiger partial charge in [0.15, 0.2) is 0 Å². The minimum Gasteiger partial charge on any atom is -0.381 e. The molecule has 5 rings (SSSR count). The molecule has 35 heavy (non-hydrogen) atoms. The maximum absolute atomic E-state index is 5.54. The average Bonchev–Trinajstić information content (AvgIpc) is 3.19. The molecular weight excluding hydrogens is 430 g/mol. The normalized spacial score (nSPS) is 20.3. The molecule has 0 aliphatic carbocycles. The summed E-state index contributed by atoms with van der Waals surface area (Å²) in [5.74, 6) is 2.44. The third kappa shape index (κ3) is 5.58. The monoisotopic (exact) mass is 473 g/mol. The van der Waals surface area contributed by atoms with Crippen LogP contribution in [0.4, 0.5) is 5.69 Å². The van der Waals surface area contributed by atoms with E-state index in [2.05, 4.69) is 66.8 Å². The summed E-state index contributed by atoms with van der Waals surface area (Å²) in [6, 6.07) is 13.7. The third-order valence-electron chi connectivity index (χ3n) is 8.69. The largest absolute Gasteiger partial charge is 0.381 e. The van der Waals surface area contributed by atoms with Crippen LogP contribution in [-0.4, -0.2) is 35.9 Å². The Bertz CT molecular complexity index is 1090. The van der Waals surface area contributed by atoms with E-state index in [9.17, 15) is 0 Å². The maximum Gasteiger partial charge on any atom is 0.0795 e. The van der Waals surface area contributed by atoms with E-state index in [-0.39, 0.29) is 0 Å². The van der Waals surface area contributed by atoms with Gasteiger partial charge in [-0.25, -0.2) is 0 Å². The number of aryl methyl sites for hydroxylation is 2. The summed E-state index contributed by atoms with van der Waals surface area (Å²) in [6.07, 6.45) is 12.1. The first-order valence-corrected chi connectivity index (χ1v) is 14.0. The van der Waals surface area contributed by atoms with Gasteiger partial charge in [-0.1, -0.05) is 38.8 Å². The van der Waals surface area contributed by atoms with Crippen LogP contribution in [0.25, 0.3) is 22.2 Å². The van der Waals surface area contributed by atoms with Crippen molar-refractivity contribution < 1.29 is 4.74 Å². The molecule has 1 atom stereocenters. The van der Waals surface area contributed by atoms with Crippen LogP contribution >= 0.6 is 0 Å². The van der Waals surface area contributed by atoms with Crippen LogP contribution in [0.3, 0.4) is 0 Å². The highest BCUT2D eigenvalue weighted by Gasteiger charge is 2.19. The predicted molar refractivity (Wildman–Crippen MR) is 147 cm³/mol. The predicted octanol–water partition coefficient (Wildman–Crippen LogP) is 7.25. The Morgan fingerprint density at radius 2 is 1.77 bits per heavy atom. The standard InChI is InChI=1S/C31H43N3O/c1-23(2)25-6-4-5-18-34(19-14-25)27-11-8-26(9-12-27)31-29-22-28(33(3)30(29)13-17-32-31)10-7-24-15-20-35-21-16-24/h8-9,11-13,17,22-25H,4-7,10,14-16,18-21H2,1-3H3. The summed E-state index contributed by atoms with van der Waals surface area (Å²) in [6.45, 7) is 8.98. The Hall–Kier alpha value is -2.33. The lowest BCUT2D eigenvalue weighted by Gasteiger charge is -2.31. The van der Waals surface area contributed by atoms with Crippen LogP contribution in [-0.2, 0) is 18.2 Å². The average molecular weight is 474 g/mol. The fraction of sp³-hybridized carbons (Fsp3) is 0.581. The molecule has 4 heterocycles. The highest BCUT2D eigenvalue weighted by atomic mass is 16.5. The van der Waals surface area contributed by atoms with Crippen molar-refractivity contribution in [3.63, 3.8) is 0 Å². The summed E-state index contributed by atoms with van der Waals surface area (Å²) in [7, 11) is 2.21. The van der Waals surface area contributed by atoms with Crippen molar-refractivity contribution in [2.75, 3.05) is 31.2 Å². The SMILES string of the molecule is CC(C)C1CCCCN(c2ccc(-c3nccc4c3cc(CCC3CCOCC3)n4C)cc2)CC1. The number of anilines is 1. The molecule has 0 radical (unpaired) electrons. The molecule has 0 spiro atoms. The van der Waals surface area contributed by atoms with Gasteiger partial charge in [-0.15, -0.1) is 0 Å². The number of rotatable bonds is 6. The van der Waals surface area contributed by atoms with Crippen LogP contribution < -0.4 is 4.90 Å². The molecule has 2 fully saturated rings. The van der Waals surface area contributed by atoms with Crippen molar-refractivity contribution in [3.8, 4) is 11.3 Å². The van der Waals surface area contributed by atoms with Gasteiger partial charge in [0, 0.05) is 61.9 Å². The second kappa shape index (κ2) is 11.2. The van der Waals surface area contributed by atoms with Crippen molar-refractivity contribution in [3.05, 3.63) is 48.3 Å². The molecule has 0 bridgehead atoms. The van der Waals surface area contributed by atoms with Gasteiger partial charge in [0.1, 0.15) is 0 Å². The zero-order valence-electron chi connectivity index (χ0n) is 22.0. The van der Waals surface area contributed by atoms with Gasteiger partial charge in [-0.05, 0) is 80.5 Å². The maximum atomic E-state index is 5.54. The van der Waals surface area contributed by atoms with Gasteiger partial charge < -0.3 is 14.2 Å². The highest BCUT2D eigenvalue weighted by Crippen LogP contribution is 2.32. The third-order valence-corrected chi connectivity index (χ3v) is 8.69. The summed E-state index contributed by atoms with van der Waals surface area (Å²) in [5, 5.41) is 1.27. The van der Waals surface area contributed by atoms with Crippen molar-refractivity contribution in [1.82, 2.24) is 9.55 Å². The molecule has 1 aromatic carbocycles. The molecule has 0 saturated carbocycles. The number of pyridine rings is 1. The van der Waals surface area contributed by atoms with E-state index in [1.54, 1.807) is 0 Å². The van der Waals surface area contributed by atoms with E-state index in [0.717, 1.165) is 43.1 Å². The number of hydrogen-bond donors (Lipinski definition) is 0. The Labute approximate surface area is 211 Å². The number of hydrogen-bond acceptors (Lipinski definition) is 3. The highest BCUT2D eigenvalue weighted by molar-refractivity contribution is 5.94. The molecule has 2 aliphatic heterocycles. The molecule has 0 amide bonds. The molecule has 2 saturated heterocycles. The first-order chi connectivity index (χ1) is 17.1. The van der Waals surface area contributed by atoms with Crippen LogP contribution in [0.1, 0.15) is 64.5 Å². The van der Waals surface area contributed by atoms with Gasteiger partial charge in [0.25, 0.3) is 0 Å². The van der Waals surface area contributed by atoms with Gasteiger partial charge in [-0.3, -0.25) is 4.98 Å². The van der Waals surface area contributed by atoms with Gasteiger partial charge in [0.05, 0.1) is 11.2 Å². The molecule has 2 aromatic heterocycles. The van der Waals surface area contributed by atoms with E-state index in [0.29, 0.717) is 0 Å². The lowest BCUT2D eigenvalue weighted by molar-refractivity contribution is 0.0639. The topological polar surface area (TPSA) is 30.3 Å². The molecule has 3 aromatic rings. The quantitative estimate of drug-likeness (QED) is 0.378. The van der Waals surface area contributed by atoms with Crippen molar-refractivity contribution in [2.45, 2.75) is 65.2 Å². The second-order valence-corrected chi connectivity index (χ2v) is 11.2. The molecular formula is C31H43N3O. The van der Waals surface area contributed by atoms with Crippen LogP contribution in [0.2, 0.25) is 0 Å². The zero-order valence-corrected chi connectivity index (χ0v) is 22.0. The van der Waals surface area contributed by atoms with Crippen LogP contribution in [0.5, 0.6) is 0 Å². The van der Waals surface area contributed by atoms with Gasteiger partial charge >= 0.3 is 0 Å². The second-order valence-electron chi connectivity index (χ2n) is 11.2. The van der Waals surface area contributed by atoms with E-state index >= 15 is 0 Å². The Balaban J connectivity index is 1.33. The van der Waals surface area contributed by atoms with E-state index in [4.69, 9.17) is 9.72 Å². The summed E-state index contributed by atoms with van der Waals surface area (Å²) < 4.78 is 7.92. The van der Waals surface area contributed by atoms with Crippen molar-refractivity contribution >= 4 is 16.6 Å². The summed E-state index contributed by atoms with van der Waals surface area (Å²) in [4.78, 5) is 7.44. The number of benzene rings is 1. The van der Waals surface area contributed by atoms with Gasteiger partial charge in [-0.2, -0.15) is 0 Å². The minimum atomic E-state index is 0.788. The smallest absolute Gasteiger partial charge is 0.0795 e. The lowest BCUT2D eigenvalue weighted by atomic mass is 9.86. The summed E-state index contributed by atoms with van der Waals surface area (Å²) >= 11 is 0. The minimum absolute atomic E-state index is 0.788. The Kier molecular flexibility index (Phi) is 7.77. The van der Waals surface area contributed by atoms with Crippen molar-refractivity contribution in [2.24, 2.45) is 24.8 Å². The fourth-order valence-electron chi connectivity index (χ4n) is 6.21. The van der Waals surface area contributed by atoms with Crippen LogP contribution in [0, 0.1) is 17.8 Å². The molecule has 188 valence electrons. The summed E-state index contributed by atoms with van der Waals surface area (Å²) in [5.41, 5.74) is 6.38. The molecule has 2 aliphatic rings. The van der Waals surface area contributed by atoms with E-state index in [1.807, 2.05) is 6.20 Å². The first-order valence-electron chi connectivity index (χ1n) is 14.0. The number of aromatic nitrogens is 2. The zero-order chi connectivity index (χ0) is 24.2. The lowest BCUT2D eigenvalue weighted by Crippen LogP contribution is -2.30. The Morgan fingerprint density at radius 3 is 2.54 bits per heavy atom. The van der Waals surface area contributed by atoms with E-state index in [1.165, 1.54) is 85.9 Å². The molecule has 4 nitrogen and oxygen atoms in total. The molecule has 4 heteroatoms. The number of nitrogens with zero attached hydrogens (tertiary/aromatic N) is 3. The molecule has 1 unspecified atom stereocenters. The molecule has 0 N–H and O–H groups in total. The number of ether oxygens (including phenoxy) is 1. The Morgan fingerprint density at radius 1 is 0.971 bits per heavy atom. The van der Waals surface area contributed by atoms with Gasteiger partial charge in [0.2, 0.25) is 0 Å². The first kappa shape index (κ1) is 24.4. The van der Waals surface area contributed by atoms with E-state index < -0.39 is 0 Å².